The van der Waals surface area contributed by atoms with Crippen molar-refractivity contribution in [3.05, 3.63) is 97.6 Å². The van der Waals surface area contributed by atoms with E-state index in [0.29, 0.717) is 16.8 Å². The molecular formula is C26H22F2IN3O3. The predicted octanol–water partition coefficient (Wildman–Crippen LogP) is 4.42. The van der Waals surface area contributed by atoms with Gasteiger partial charge in [0.1, 0.15) is 11.6 Å². The van der Waals surface area contributed by atoms with E-state index in [1.165, 1.54) is 6.07 Å². The number of halogens is 3. The van der Waals surface area contributed by atoms with E-state index in [9.17, 15) is 23.2 Å². The van der Waals surface area contributed by atoms with Crippen LogP contribution in [0, 0.1) is 15.2 Å². The summed E-state index contributed by atoms with van der Waals surface area (Å²) in [5.74, 6) is -2.60. The van der Waals surface area contributed by atoms with Crippen LogP contribution in [-0.2, 0) is 23.3 Å². The molecule has 0 aliphatic carbocycles. The second kappa shape index (κ2) is 9.37. The van der Waals surface area contributed by atoms with Crippen LogP contribution >= 0.6 is 22.6 Å². The van der Waals surface area contributed by atoms with E-state index >= 15 is 0 Å². The lowest BCUT2D eigenvalue weighted by Gasteiger charge is -2.21. The Morgan fingerprint density at radius 3 is 2.49 bits per heavy atom. The number of nitrogens with one attached hydrogen (secondary N) is 1. The average Bonchev–Trinajstić information content (AvgIpc) is 2.99. The highest BCUT2D eigenvalue weighted by molar-refractivity contribution is 14.1. The quantitative estimate of drug-likeness (QED) is 0.417. The molecule has 180 valence electrons. The van der Waals surface area contributed by atoms with E-state index in [0.717, 1.165) is 26.8 Å². The third kappa shape index (κ3) is 4.77. The minimum Gasteiger partial charge on any atom is -0.366 e. The number of hydrogen-bond donors (Lipinski definition) is 2. The fourth-order valence-electron chi connectivity index (χ4n) is 4.21. The number of nitrogens with zero attached hydrogens (tertiary/aromatic N) is 1. The second-order valence-corrected chi connectivity index (χ2v) is 10.0. The number of benzene rings is 3. The van der Waals surface area contributed by atoms with Crippen LogP contribution in [0.4, 0.5) is 14.5 Å². The average molecular weight is 589 g/mol. The summed E-state index contributed by atoms with van der Waals surface area (Å²) in [6.45, 7) is 3.73. The Kier molecular flexibility index (Phi) is 6.63. The lowest BCUT2D eigenvalue weighted by molar-refractivity contribution is -0.122. The van der Waals surface area contributed by atoms with Gasteiger partial charge in [-0.3, -0.25) is 14.4 Å². The van der Waals surface area contributed by atoms with Crippen molar-refractivity contribution in [1.82, 2.24) is 5.32 Å². The van der Waals surface area contributed by atoms with Gasteiger partial charge in [0.15, 0.2) is 0 Å². The Bertz CT molecular complexity index is 1370. The number of rotatable bonds is 6. The second-order valence-electron chi connectivity index (χ2n) is 8.85. The molecule has 3 N–H and O–H groups in total. The molecular weight excluding hydrogens is 567 g/mol. The largest absolute Gasteiger partial charge is 0.366 e. The number of nitrogens with two attached hydrogens (primary N) is 1. The van der Waals surface area contributed by atoms with Gasteiger partial charge < -0.3 is 16.0 Å². The molecule has 0 bridgehead atoms. The molecule has 0 aromatic heterocycles. The van der Waals surface area contributed by atoms with Crippen molar-refractivity contribution in [2.24, 2.45) is 5.73 Å². The van der Waals surface area contributed by atoms with Gasteiger partial charge in [-0.25, -0.2) is 8.78 Å². The van der Waals surface area contributed by atoms with Gasteiger partial charge in [0.25, 0.3) is 5.91 Å². The van der Waals surface area contributed by atoms with Gasteiger partial charge >= 0.3 is 0 Å². The smallest absolute Gasteiger partial charge is 0.251 e. The first-order valence-electron chi connectivity index (χ1n) is 10.8. The Morgan fingerprint density at radius 2 is 1.80 bits per heavy atom. The monoisotopic (exact) mass is 589 g/mol. The number of fused-ring (bicyclic) bond motifs is 1. The number of amides is 3. The molecule has 1 aliphatic rings. The van der Waals surface area contributed by atoms with Crippen LogP contribution in [0.15, 0.2) is 54.6 Å². The summed E-state index contributed by atoms with van der Waals surface area (Å²) in [4.78, 5) is 39.5. The maximum Gasteiger partial charge on any atom is 0.251 e. The van der Waals surface area contributed by atoms with Crippen molar-refractivity contribution in [3.8, 4) is 0 Å². The first-order valence-corrected chi connectivity index (χ1v) is 11.8. The fourth-order valence-corrected chi connectivity index (χ4v) is 5.50. The molecule has 9 heteroatoms. The Hall–Kier alpha value is -3.34. The topological polar surface area (TPSA) is 92.5 Å². The minimum absolute atomic E-state index is 0.118. The van der Waals surface area contributed by atoms with Crippen molar-refractivity contribution in [2.75, 3.05) is 4.90 Å². The molecule has 3 aromatic rings. The van der Waals surface area contributed by atoms with Gasteiger partial charge in [-0.2, -0.15) is 0 Å². The molecule has 4 rings (SSSR count). The van der Waals surface area contributed by atoms with Crippen LogP contribution in [-0.4, -0.2) is 17.7 Å². The summed E-state index contributed by atoms with van der Waals surface area (Å²) < 4.78 is 27.8. The van der Waals surface area contributed by atoms with E-state index in [1.807, 2.05) is 13.8 Å². The summed E-state index contributed by atoms with van der Waals surface area (Å²) >= 11 is 2.10. The number of hydrogen-bond acceptors (Lipinski definition) is 3. The third-order valence-electron chi connectivity index (χ3n) is 6.03. The Morgan fingerprint density at radius 1 is 1.06 bits per heavy atom. The molecule has 0 unspecified atom stereocenters. The van der Waals surface area contributed by atoms with Crippen LogP contribution in [0.1, 0.15) is 51.3 Å². The number of carbonyl (C=O) groups excluding carboxylic acids is 3. The molecule has 0 atom stereocenters. The highest BCUT2D eigenvalue weighted by atomic mass is 127. The lowest BCUT2D eigenvalue weighted by atomic mass is 9.86. The van der Waals surface area contributed by atoms with Crippen LogP contribution < -0.4 is 16.0 Å². The number of primary amides is 1. The van der Waals surface area contributed by atoms with Crippen LogP contribution in [0.5, 0.6) is 0 Å². The molecule has 3 aromatic carbocycles. The van der Waals surface area contributed by atoms with E-state index < -0.39 is 28.9 Å². The predicted molar refractivity (Wildman–Crippen MR) is 136 cm³/mol. The standard InChI is InChI=1S/C26H22F2IN3O3/c1-26(2)22-20(29)9-17(24(34)31-12-16-6-7-18(27)11-19(16)28)10-21(22)32(25(26)35)13-14-4-3-5-15(8-14)23(30)33/h3-11H,12-13H2,1-2H3,(H2,30,33)(H,31,34). The summed E-state index contributed by atoms with van der Waals surface area (Å²) in [6.07, 6.45) is 0. The van der Waals surface area contributed by atoms with E-state index in [2.05, 4.69) is 27.9 Å². The van der Waals surface area contributed by atoms with Crippen LogP contribution in [0.25, 0.3) is 0 Å². The third-order valence-corrected chi connectivity index (χ3v) is 6.88. The first-order chi connectivity index (χ1) is 16.5. The first kappa shape index (κ1) is 24.8. The van der Waals surface area contributed by atoms with E-state index in [1.54, 1.807) is 41.3 Å². The Balaban J connectivity index is 1.65. The van der Waals surface area contributed by atoms with Crippen molar-refractivity contribution in [1.29, 1.82) is 0 Å². The van der Waals surface area contributed by atoms with Crippen molar-refractivity contribution >= 4 is 46.0 Å². The van der Waals surface area contributed by atoms with Gasteiger partial charge in [0.2, 0.25) is 11.8 Å². The van der Waals surface area contributed by atoms with E-state index in [-0.39, 0.29) is 24.6 Å². The zero-order chi connectivity index (χ0) is 25.5. The summed E-state index contributed by atoms with van der Waals surface area (Å²) in [5.41, 5.74) is 7.48. The molecule has 1 heterocycles. The maximum atomic E-state index is 13.9. The van der Waals surface area contributed by atoms with Crippen molar-refractivity contribution in [2.45, 2.75) is 32.4 Å². The van der Waals surface area contributed by atoms with Gasteiger partial charge in [0.05, 0.1) is 17.6 Å². The highest BCUT2D eigenvalue weighted by Crippen LogP contribution is 2.45. The van der Waals surface area contributed by atoms with E-state index in [4.69, 9.17) is 5.73 Å². The molecule has 1 aliphatic heterocycles. The normalized spacial score (nSPS) is 14.1. The van der Waals surface area contributed by atoms with Crippen molar-refractivity contribution < 1.29 is 23.2 Å². The highest BCUT2D eigenvalue weighted by Gasteiger charge is 2.45. The zero-order valence-corrected chi connectivity index (χ0v) is 21.2. The van der Waals surface area contributed by atoms with Gasteiger partial charge in [0, 0.05) is 38.4 Å². The Labute approximate surface area is 214 Å². The molecule has 0 saturated heterocycles. The van der Waals surface area contributed by atoms with Gasteiger partial charge in [-0.05, 0) is 72.3 Å². The molecule has 0 fully saturated rings. The SMILES string of the molecule is CC1(C)C(=O)N(Cc2cccc(C(N)=O)c2)c2cc(C(=O)NCc3ccc(F)cc3F)cc(I)c21. The van der Waals surface area contributed by atoms with Crippen LogP contribution in [0.2, 0.25) is 0 Å². The number of anilines is 1. The summed E-state index contributed by atoms with van der Waals surface area (Å²) in [6, 6.07) is 13.2. The number of carbonyl (C=O) groups is 3. The van der Waals surface area contributed by atoms with Crippen molar-refractivity contribution in [3.63, 3.8) is 0 Å². The molecule has 0 saturated carbocycles. The molecule has 35 heavy (non-hydrogen) atoms. The minimum atomic E-state index is -0.820. The molecule has 0 spiro atoms. The van der Waals surface area contributed by atoms with Gasteiger partial charge in [-0.1, -0.05) is 18.2 Å². The maximum absolute atomic E-state index is 13.9. The summed E-state index contributed by atoms with van der Waals surface area (Å²) in [5, 5.41) is 2.65. The fraction of sp³-hybridized carbons (Fsp3) is 0.192. The zero-order valence-electron chi connectivity index (χ0n) is 19.0. The molecule has 6 nitrogen and oxygen atoms in total. The molecule has 0 radical (unpaired) electrons. The lowest BCUT2D eigenvalue weighted by Crippen LogP contribution is -2.36. The van der Waals surface area contributed by atoms with Gasteiger partial charge in [-0.15, -0.1) is 0 Å². The van der Waals surface area contributed by atoms with Crippen LogP contribution in [0.3, 0.4) is 0 Å². The molecule has 3 amide bonds. The summed E-state index contributed by atoms with van der Waals surface area (Å²) in [7, 11) is 0.